The van der Waals surface area contributed by atoms with Gasteiger partial charge in [0.15, 0.2) is 6.10 Å². The summed E-state index contributed by atoms with van der Waals surface area (Å²) in [4.78, 5) is 23.3. The Kier molecular flexibility index (Phi) is 5.30. The number of esters is 1. The minimum absolute atomic E-state index is 0.238. The molecule has 0 saturated carbocycles. The maximum atomic E-state index is 11.8. The Labute approximate surface area is 111 Å². The number of carbonyl (C=O) groups is 2. The zero-order valence-electron chi connectivity index (χ0n) is 10.6. The highest BCUT2D eigenvalue weighted by Gasteiger charge is 2.18. The highest BCUT2D eigenvalue weighted by atomic mass is 16.5. The normalized spacial score (nSPS) is 10.9. The van der Waals surface area contributed by atoms with Gasteiger partial charge in [0.05, 0.1) is 17.2 Å². The molecule has 0 aromatic heterocycles. The SMILES string of the molecule is C=CCNC(=O)C(C)OC(=O)c1cccc(C#N)c1. The van der Waals surface area contributed by atoms with Crippen molar-refractivity contribution in [2.75, 3.05) is 6.54 Å². The van der Waals surface area contributed by atoms with Gasteiger partial charge in [0.25, 0.3) is 5.91 Å². The fourth-order valence-corrected chi connectivity index (χ4v) is 1.31. The molecule has 1 rings (SSSR count). The summed E-state index contributed by atoms with van der Waals surface area (Å²) in [5.41, 5.74) is 0.598. The van der Waals surface area contributed by atoms with E-state index in [1.54, 1.807) is 12.1 Å². The van der Waals surface area contributed by atoms with E-state index in [1.165, 1.54) is 25.1 Å². The summed E-state index contributed by atoms with van der Waals surface area (Å²) < 4.78 is 5.00. The zero-order valence-corrected chi connectivity index (χ0v) is 10.6. The van der Waals surface area contributed by atoms with Gasteiger partial charge < -0.3 is 10.1 Å². The molecule has 98 valence electrons. The molecule has 1 unspecified atom stereocenters. The van der Waals surface area contributed by atoms with Gasteiger partial charge in [0.2, 0.25) is 0 Å². The molecule has 0 radical (unpaired) electrons. The molecule has 1 aromatic rings. The van der Waals surface area contributed by atoms with Crippen molar-refractivity contribution in [2.24, 2.45) is 0 Å². The molecule has 0 fully saturated rings. The summed E-state index contributed by atoms with van der Waals surface area (Å²) in [7, 11) is 0. The Hall–Kier alpha value is -2.61. The second kappa shape index (κ2) is 6.97. The maximum absolute atomic E-state index is 11.8. The zero-order chi connectivity index (χ0) is 14.3. The van der Waals surface area contributed by atoms with Crippen molar-refractivity contribution in [1.29, 1.82) is 5.26 Å². The van der Waals surface area contributed by atoms with Crippen LogP contribution in [-0.4, -0.2) is 24.5 Å². The van der Waals surface area contributed by atoms with Crippen molar-refractivity contribution in [3.05, 3.63) is 48.0 Å². The summed E-state index contributed by atoms with van der Waals surface area (Å²) in [6.45, 7) is 5.25. The molecule has 0 aliphatic carbocycles. The van der Waals surface area contributed by atoms with Crippen molar-refractivity contribution in [3.8, 4) is 6.07 Å². The van der Waals surface area contributed by atoms with Gasteiger partial charge in [-0.2, -0.15) is 5.26 Å². The van der Waals surface area contributed by atoms with Crippen molar-refractivity contribution in [2.45, 2.75) is 13.0 Å². The van der Waals surface area contributed by atoms with E-state index in [4.69, 9.17) is 10.00 Å². The number of nitriles is 1. The predicted molar refractivity (Wildman–Crippen MR) is 69.2 cm³/mol. The Morgan fingerprint density at radius 3 is 2.95 bits per heavy atom. The van der Waals surface area contributed by atoms with E-state index in [9.17, 15) is 9.59 Å². The predicted octanol–water partition coefficient (Wildman–Crippen LogP) is 1.41. The largest absolute Gasteiger partial charge is 0.449 e. The number of ether oxygens (including phenoxy) is 1. The summed E-state index contributed by atoms with van der Waals surface area (Å²) in [6.07, 6.45) is 0.626. The lowest BCUT2D eigenvalue weighted by atomic mass is 10.1. The minimum Gasteiger partial charge on any atom is -0.449 e. The van der Waals surface area contributed by atoms with E-state index in [1.807, 2.05) is 6.07 Å². The molecule has 19 heavy (non-hydrogen) atoms. The average Bonchev–Trinajstić information content (AvgIpc) is 2.44. The molecule has 1 aromatic carbocycles. The standard InChI is InChI=1S/C14H14N2O3/c1-3-7-16-13(17)10(2)19-14(18)12-6-4-5-11(8-12)9-15/h3-6,8,10H,1,7H2,2H3,(H,16,17). The molecule has 1 N–H and O–H groups in total. The van der Waals surface area contributed by atoms with Crippen molar-refractivity contribution >= 4 is 11.9 Å². The van der Waals surface area contributed by atoms with Gasteiger partial charge in [-0.05, 0) is 25.1 Å². The quantitative estimate of drug-likeness (QED) is 0.639. The van der Waals surface area contributed by atoms with E-state index in [-0.39, 0.29) is 5.56 Å². The third-order valence-corrected chi connectivity index (χ3v) is 2.30. The van der Waals surface area contributed by atoms with Crippen LogP contribution >= 0.6 is 0 Å². The lowest BCUT2D eigenvalue weighted by molar-refractivity contribution is -0.128. The third-order valence-electron chi connectivity index (χ3n) is 2.30. The fraction of sp³-hybridized carbons (Fsp3) is 0.214. The van der Waals surface area contributed by atoms with Crippen LogP contribution in [0.15, 0.2) is 36.9 Å². The second-order valence-corrected chi connectivity index (χ2v) is 3.77. The number of nitrogens with zero attached hydrogens (tertiary/aromatic N) is 1. The molecule has 0 heterocycles. The first-order valence-electron chi connectivity index (χ1n) is 5.68. The maximum Gasteiger partial charge on any atom is 0.338 e. The Balaban J connectivity index is 2.66. The van der Waals surface area contributed by atoms with Gasteiger partial charge in [-0.1, -0.05) is 12.1 Å². The van der Waals surface area contributed by atoms with Gasteiger partial charge in [-0.15, -0.1) is 6.58 Å². The van der Waals surface area contributed by atoms with Crippen molar-refractivity contribution < 1.29 is 14.3 Å². The summed E-state index contributed by atoms with van der Waals surface area (Å²) in [6, 6.07) is 8.03. The van der Waals surface area contributed by atoms with Crippen LogP contribution in [0, 0.1) is 11.3 Å². The molecule has 0 aliphatic rings. The van der Waals surface area contributed by atoms with Crippen LogP contribution < -0.4 is 5.32 Å². The second-order valence-electron chi connectivity index (χ2n) is 3.77. The number of benzene rings is 1. The Morgan fingerprint density at radius 1 is 1.58 bits per heavy atom. The number of rotatable bonds is 5. The number of hydrogen-bond donors (Lipinski definition) is 1. The topological polar surface area (TPSA) is 79.2 Å². The summed E-state index contributed by atoms with van der Waals surface area (Å²) in [5.74, 6) is -1.04. The van der Waals surface area contributed by atoms with E-state index < -0.39 is 18.0 Å². The van der Waals surface area contributed by atoms with E-state index in [0.717, 1.165) is 0 Å². The summed E-state index contributed by atoms with van der Waals surface area (Å²) in [5, 5.41) is 11.3. The minimum atomic E-state index is -0.904. The molecule has 1 atom stereocenters. The molecule has 0 spiro atoms. The van der Waals surface area contributed by atoms with E-state index in [2.05, 4.69) is 11.9 Å². The van der Waals surface area contributed by atoms with Crippen LogP contribution in [0.1, 0.15) is 22.8 Å². The van der Waals surface area contributed by atoms with Crippen LogP contribution in [-0.2, 0) is 9.53 Å². The smallest absolute Gasteiger partial charge is 0.338 e. The van der Waals surface area contributed by atoms with E-state index >= 15 is 0 Å². The molecule has 5 heteroatoms. The number of amides is 1. The fourth-order valence-electron chi connectivity index (χ4n) is 1.31. The Bertz CT molecular complexity index is 532. The molecule has 1 amide bonds. The van der Waals surface area contributed by atoms with Crippen molar-refractivity contribution in [3.63, 3.8) is 0 Å². The molecular formula is C14H14N2O3. The lowest BCUT2D eigenvalue weighted by Crippen LogP contribution is -2.35. The average molecular weight is 258 g/mol. The first-order valence-corrected chi connectivity index (χ1v) is 5.68. The monoisotopic (exact) mass is 258 g/mol. The first kappa shape index (κ1) is 14.5. The van der Waals surface area contributed by atoms with Crippen LogP contribution in [0.3, 0.4) is 0 Å². The van der Waals surface area contributed by atoms with Gasteiger partial charge in [0.1, 0.15) is 0 Å². The van der Waals surface area contributed by atoms with Gasteiger partial charge in [0, 0.05) is 6.54 Å². The van der Waals surface area contributed by atoms with Crippen molar-refractivity contribution in [1.82, 2.24) is 5.32 Å². The van der Waals surface area contributed by atoms with Crippen LogP contribution in [0.2, 0.25) is 0 Å². The summed E-state index contributed by atoms with van der Waals surface area (Å²) >= 11 is 0. The highest BCUT2D eigenvalue weighted by Crippen LogP contribution is 2.07. The Morgan fingerprint density at radius 2 is 2.32 bits per heavy atom. The third kappa shape index (κ3) is 4.28. The van der Waals surface area contributed by atoms with Crippen LogP contribution in [0.25, 0.3) is 0 Å². The van der Waals surface area contributed by atoms with Crippen LogP contribution in [0.5, 0.6) is 0 Å². The van der Waals surface area contributed by atoms with Gasteiger partial charge in [-0.3, -0.25) is 4.79 Å². The number of nitrogens with one attached hydrogen (secondary N) is 1. The van der Waals surface area contributed by atoms with Gasteiger partial charge in [-0.25, -0.2) is 4.79 Å². The molecule has 0 aliphatic heterocycles. The van der Waals surface area contributed by atoms with Crippen LogP contribution in [0.4, 0.5) is 0 Å². The molecular weight excluding hydrogens is 244 g/mol. The number of carbonyl (C=O) groups excluding carboxylic acids is 2. The number of hydrogen-bond acceptors (Lipinski definition) is 4. The van der Waals surface area contributed by atoms with E-state index in [0.29, 0.717) is 12.1 Å². The lowest BCUT2D eigenvalue weighted by Gasteiger charge is -2.12. The molecule has 0 bridgehead atoms. The first-order chi connectivity index (χ1) is 9.08. The van der Waals surface area contributed by atoms with Gasteiger partial charge >= 0.3 is 5.97 Å². The molecule has 5 nitrogen and oxygen atoms in total. The highest BCUT2D eigenvalue weighted by molar-refractivity contribution is 5.92. The molecule has 0 saturated heterocycles.